The van der Waals surface area contributed by atoms with Gasteiger partial charge in [-0.05, 0) is 30.3 Å². The van der Waals surface area contributed by atoms with Crippen molar-refractivity contribution in [2.75, 3.05) is 18.9 Å². The minimum absolute atomic E-state index is 0.111. The van der Waals surface area contributed by atoms with Gasteiger partial charge in [-0.3, -0.25) is 4.72 Å². The van der Waals surface area contributed by atoms with Crippen LogP contribution in [0.3, 0.4) is 0 Å². The lowest BCUT2D eigenvalue weighted by Gasteiger charge is -2.12. The van der Waals surface area contributed by atoms with Gasteiger partial charge >= 0.3 is 5.97 Å². The number of anilines is 1. The lowest BCUT2D eigenvalue weighted by atomic mass is 10.2. The lowest BCUT2D eigenvalue weighted by Crippen LogP contribution is -2.13. The molecule has 2 aromatic rings. The Labute approximate surface area is 133 Å². The summed E-state index contributed by atoms with van der Waals surface area (Å²) in [6.07, 6.45) is 0. The molecule has 0 saturated carbocycles. The molecule has 0 radical (unpaired) electrons. The van der Waals surface area contributed by atoms with E-state index < -0.39 is 16.0 Å². The van der Waals surface area contributed by atoms with Crippen molar-refractivity contribution < 1.29 is 27.8 Å². The summed E-state index contributed by atoms with van der Waals surface area (Å²) in [7, 11) is -1.02. The highest BCUT2D eigenvalue weighted by molar-refractivity contribution is 7.92. The third kappa shape index (κ3) is 3.72. The summed E-state index contributed by atoms with van der Waals surface area (Å²) < 4.78 is 37.3. The van der Waals surface area contributed by atoms with E-state index in [0.717, 1.165) is 6.07 Å². The van der Waals surface area contributed by atoms with Crippen LogP contribution in [0, 0.1) is 0 Å². The number of benzene rings is 2. The molecule has 23 heavy (non-hydrogen) atoms. The SMILES string of the molecule is COc1ccc(NS(=O)(=O)c2cccc(C(=O)O)c2)cc1OC. The molecule has 0 saturated heterocycles. The Hall–Kier alpha value is -2.74. The van der Waals surface area contributed by atoms with Crippen LogP contribution < -0.4 is 14.2 Å². The molecule has 0 aliphatic carbocycles. The number of ether oxygens (including phenoxy) is 2. The van der Waals surface area contributed by atoms with E-state index in [-0.39, 0.29) is 16.1 Å². The van der Waals surface area contributed by atoms with Crippen molar-refractivity contribution >= 4 is 21.7 Å². The second-order valence-corrected chi connectivity index (χ2v) is 6.19. The maximum Gasteiger partial charge on any atom is 0.335 e. The Morgan fingerprint density at radius 2 is 1.74 bits per heavy atom. The second-order valence-electron chi connectivity index (χ2n) is 4.51. The molecule has 0 atom stereocenters. The molecule has 0 aromatic heterocycles. The maximum atomic E-state index is 12.4. The largest absolute Gasteiger partial charge is 0.493 e. The highest BCUT2D eigenvalue weighted by Crippen LogP contribution is 2.30. The van der Waals surface area contributed by atoms with E-state index in [1.807, 2.05) is 0 Å². The number of rotatable bonds is 6. The molecule has 0 unspecified atom stereocenters. The fraction of sp³-hybridized carbons (Fsp3) is 0.133. The first-order valence-electron chi connectivity index (χ1n) is 6.45. The fourth-order valence-electron chi connectivity index (χ4n) is 1.91. The number of carbonyl (C=O) groups is 1. The van der Waals surface area contributed by atoms with E-state index in [1.165, 1.54) is 44.6 Å². The van der Waals surface area contributed by atoms with Crippen molar-refractivity contribution in [1.82, 2.24) is 0 Å². The van der Waals surface area contributed by atoms with E-state index in [1.54, 1.807) is 6.07 Å². The van der Waals surface area contributed by atoms with Gasteiger partial charge in [0.2, 0.25) is 0 Å². The molecule has 7 nitrogen and oxygen atoms in total. The van der Waals surface area contributed by atoms with Crippen molar-refractivity contribution in [3.63, 3.8) is 0 Å². The minimum Gasteiger partial charge on any atom is -0.493 e. The summed E-state index contributed by atoms with van der Waals surface area (Å²) in [6.45, 7) is 0. The molecule has 0 fully saturated rings. The molecular formula is C15H15NO6S. The number of aromatic carboxylic acids is 1. The van der Waals surface area contributed by atoms with Gasteiger partial charge in [0, 0.05) is 6.07 Å². The van der Waals surface area contributed by atoms with Gasteiger partial charge < -0.3 is 14.6 Å². The van der Waals surface area contributed by atoms with Gasteiger partial charge in [0.25, 0.3) is 10.0 Å². The fourth-order valence-corrected chi connectivity index (χ4v) is 3.01. The average Bonchev–Trinajstić information content (AvgIpc) is 2.54. The summed E-state index contributed by atoms with van der Waals surface area (Å²) in [5.74, 6) is -0.372. The zero-order valence-electron chi connectivity index (χ0n) is 12.4. The molecule has 8 heteroatoms. The second kappa shape index (κ2) is 6.57. The van der Waals surface area contributed by atoms with Crippen LogP contribution in [0.2, 0.25) is 0 Å². The lowest BCUT2D eigenvalue weighted by molar-refractivity contribution is 0.0696. The smallest absolute Gasteiger partial charge is 0.335 e. The van der Waals surface area contributed by atoms with Crippen molar-refractivity contribution in [3.05, 3.63) is 48.0 Å². The van der Waals surface area contributed by atoms with Crippen LogP contribution >= 0.6 is 0 Å². The quantitative estimate of drug-likeness (QED) is 0.838. The molecule has 2 aromatic carbocycles. The Morgan fingerprint density at radius 1 is 1.04 bits per heavy atom. The third-order valence-corrected chi connectivity index (χ3v) is 4.41. The summed E-state index contributed by atoms with van der Waals surface area (Å²) in [5.41, 5.74) is 0.156. The Morgan fingerprint density at radius 3 is 2.35 bits per heavy atom. The first-order chi connectivity index (χ1) is 10.9. The molecule has 0 heterocycles. The van der Waals surface area contributed by atoms with Gasteiger partial charge in [0.15, 0.2) is 11.5 Å². The van der Waals surface area contributed by atoms with E-state index in [0.29, 0.717) is 11.5 Å². The summed E-state index contributed by atoms with van der Waals surface area (Å²) in [5, 5.41) is 8.95. The predicted molar refractivity (Wildman–Crippen MR) is 83.8 cm³/mol. The first-order valence-corrected chi connectivity index (χ1v) is 7.94. The van der Waals surface area contributed by atoms with Crippen molar-refractivity contribution in [3.8, 4) is 11.5 Å². The monoisotopic (exact) mass is 337 g/mol. The van der Waals surface area contributed by atoms with Gasteiger partial charge in [-0.25, -0.2) is 13.2 Å². The van der Waals surface area contributed by atoms with E-state index >= 15 is 0 Å². The summed E-state index contributed by atoms with van der Waals surface area (Å²) in [6, 6.07) is 9.63. The maximum absolute atomic E-state index is 12.4. The number of carboxylic acids is 1. The highest BCUT2D eigenvalue weighted by Gasteiger charge is 2.17. The number of hydrogen-bond donors (Lipinski definition) is 2. The average molecular weight is 337 g/mol. The van der Waals surface area contributed by atoms with E-state index in [4.69, 9.17) is 14.6 Å². The van der Waals surface area contributed by atoms with Crippen LogP contribution in [0.4, 0.5) is 5.69 Å². The molecule has 2 rings (SSSR count). The Bertz CT molecular complexity index is 832. The van der Waals surface area contributed by atoms with Gasteiger partial charge in [-0.2, -0.15) is 0 Å². The third-order valence-electron chi connectivity index (χ3n) is 3.03. The molecule has 2 N–H and O–H groups in total. The first kappa shape index (κ1) is 16.6. The van der Waals surface area contributed by atoms with Crippen LogP contribution in [0.5, 0.6) is 11.5 Å². The topological polar surface area (TPSA) is 102 Å². The van der Waals surface area contributed by atoms with Crippen LogP contribution in [0.25, 0.3) is 0 Å². The molecule has 0 amide bonds. The predicted octanol–water partition coefficient (Wildman–Crippen LogP) is 2.20. The summed E-state index contributed by atoms with van der Waals surface area (Å²) in [4.78, 5) is 10.8. The molecule has 0 spiro atoms. The highest BCUT2D eigenvalue weighted by atomic mass is 32.2. The zero-order valence-corrected chi connectivity index (χ0v) is 13.3. The summed E-state index contributed by atoms with van der Waals surface area (Å²) >= 11 is 0. The van der Waals surface area contributed by atoms with Crippen LogP contribution in [-0.2, 0) is 10.0 Å². The van der Waals surface area contributed by atoms with Crippen LogP contribution in [-0.4, -0.2) is 33.7 Å². The van der Waals surface area contributed by atoms with Gasteiger partial charge in [0.1, 0.15) is 0 Å². The Kier molecular flexibility index (Phi) is 4.75. The molecule has 122 valence electrons. The number of sulfonamides is 1. The minimum atomic E-state index is -3.92. The standard InChI is InChI=1S/C15H15NO6S/c1-21-13-7-6-11(9-14(13)22-2)16-23(19,20)12-5-3-4-10(8-12)15(17)18/h3-9,16H,1-2H3,(H,17,18). The van der Waals surface area contributed by atoms with Crippen molar-refractivity contribution in [2.24, 2.45) is 0 Å². The molecule has 0 aliphatic heterocycles. The normalized spacial score (nSPS) is 10.9. The van der Waals surface area contributed by atoms with E-state index in [2.05, 4.69) is 4.72 Å². The van der Waals surface area contributed by atoms with Gasteiger partial charge in [-0.15, -0.1) is 0 Å². The van der Waals surface area contributed by atoms with Crippen molar-refractivity contribution in [1.29, 1.82) is 0 Å². The van der Waals surface area contributed by atoms with Crippen LogP contribution in [0.1, 0.15) is 10.4 Å². The van der Waals surface area contributed by atoms with Crippen LogP contribution in [0.15, 0.2) is 47.4 Å². The number of hydrogen-bond acceptors (Lipinski definition) is 5. The molecule has 0 aliphatic rings. The Balaban J connectivity index is 2.35. The number of nitrogens with one attached hydrogen (secondary N) is 1. The molecular weight excluding hydrogens is 322 g/mol. The van der Waals surface area contributed by atoms with E-state index in [9.17, 15) is 13.2 Å². The zero-order chi connectivity index (χ0) is 17.0. The van der Waals surface area contributed by atoms with Crippen molar-refractivity contribution in [2.45, 2.75) is 4.90 Å². The number of carboxylic acid groups (broad SMARTS) is 1. The van der Waals surface area contributed by atoms with Gasteiger partial charge in [-0.1, -0.05) is 6.07 Å². The van der Waals surface area contributed by atoms with Gasteiger partial charge in [0.05, 0.1) is 30.4 Å². The number of methoxy groups -OCH3 is 2. The molecule has 0 bridgehead atoms.